The van der Waals surface area contributed by atoms with E-state index in [2.05, 4.69) is 6.92 Å². The molecule has 1 saturated heterocycles. The summed E-state index contributed by atoms with van der Waals surface area (Å²) in [4.78, 5) is 14.4. The van der Waals surface area contributed by atoms with Crippen LogP contribution < -0.4 is 10.5 Å². The first-order valence-electron chi connectivity index (χ1n) is 6.92. The van der Waals surface area contributed by atoms with Crippen LogP contribution in [0.1, 0.15) is 31.2 Å². The van der Waals surface area contributed by atoms with Crippen LogP contribution in [0.2, 0.25) is 0 Å². The molecule has 0 spiro atoms. The van der Waals surface area contributed by atoms with Gasteiger partial charge in [0.25, 0.3) is 0 Å². The lowest BCUT2D eigenvalue weighted by Crippen LogP contribution is -2.68. The fraction of sp³-hybridized carbons (Fsp3) is 0.533. The predicted octanol–water partition coefficient (Wildman–Crippen LogP) is 1.50. The minimum Gasteiger partial charge on any atom is -0.493 e. The SMILES string of the molecule is CCC1(N)CN(C(=O)C2CCOc3ccccc32)C1. The first-order valence-corrected chi connectivity index (χ1v) is 6.92. The number of para-hydroxylation sites is 1. The third-order valence-electron chi connectivity index (χ3n) is 4.28. The van der Waals surface area contributed by atoms with Crippen molar-refractivity contribution >= 4 is 5.91 Å². The molecule has 2 heterocycles. The lowest BCUT2D eigenvalue weighted by molar-refractivity contribution is -0.141. The van der Waals surface area contributed by atoms with Gasteiger partial charge in [0.2, 0.25) is 5.91 Å². The zero-order valence-electron chi connectivity index (χ0n) is 11.3. The van der Waals surface area contributed by atoms with Crippen molar-refractivity contribution in [2.45, 2.75) is 31.2 Å². The molecule has 2 N–H and O–H groups in total. The van der Waals surface area contributed by atoms with Crippen molar-refractivity contribution < 1.29 is 9.53 Å². The van der Waals surface area contributed by atoms with Gasteiger partial charge < -0.3 is 15.4 Å². The van der Waals surface area contributed by atoms with E-state index in [1.165, 1.54) is 0 Å². The molecule has 2 aliphatic rings. The molecule has 4 heteroatoms. The molecule has 0 aromatic heterocycles. The molecule has 0 aliphatic carbocycles. The van der Waals surface area contributed by atoms with Gasteiger partial charge in [-0.1, -0.05) is 25.1 Å². The van der Waals surface area contributed by atoms with Gasteiger partial charge in [0.15, 0.2) is 0 Å². The topological polar surface area (TPSA) is 55.6 Å². The number of hydrogen-bond donors (Lipinski definition) is 1. The van der Waals surface area contributed by atoms with Crippen LogP contribution in [-0.2, 0) is 4.79 Å². The third kappa shape index (κ3) is 2.10. The summed E-state index contributed by atoms with van der Waals surface area (Å²) in [6.07, 6.45) is 1.68. The molecule has 1 unspecified atom stereocenters. The standard InChI is InChI=1S/C15H20N2O2/c1-2-15(16)9-17(10-15)14(18)12-7-8-19-13-6-4-3-5-11(12)13/h3-6,12H,2,7-10,16H2,1H3. The van der Waals surface area contributed by atoms with Gasteiger partial charge in [-0.2, -0.15) is 0 Å². The lowest BCUT2D eigenvalue weighted by Gasteiger charge is -2.48. The van der Waals surface area contributed by atoms with E-state index in [1.807, 2.05) is 29.2 Å². The fourth-order valence-electron chi connectivity index (χ4n) is 2.91. The minimum atomic E-state index is -0.166. The smallest absolute Gasteiger partial charge is 0.230 e. The monoisotopic (exact) mass is 260 g/mol. The Morgan fingerprint density at radius 1 is 1.47 bits per heavy atom. The molecule has 0 saturated carbocycles. The summed E-state index contributed by atoms with van der Waals surface area (Å²) in [7, 11) is 0. The summed E-state index contributed by atoms with van der Waals surface area (Å²) < 4.78 is 5.60. The Kier molecular flexibility index (Phi) is 2.97. The van der Waals surface area contributed by atoms with Gasteiger partial charge in [-0.25, -0.2) is 0 Å². The van der Waals surface area contributed by atoms with Gasteiger partial charge in [0.1, 0.15) is 5.75 Å². The Hall–Kier alpha value is -1.55. The molecule has 0 radical (unpaired) electrons. The quantitative estimate of drug-likeness (QED) is 0.876. The summed E-state index contributed by atoms with van der Waals surface area (Å²) in [6, 6.07) is 7.83. The van der Waals surface area contributed by atoms with Crippen molar-refractivity contribution in [3.05, 3.63) is 29.8 Å². The molecule has 19 heavy (non-hydrogen) atoms. The molecule has 1 atom stereocenters. The number of fused-ring (bicyclic) bond motifs is 1. The maximum Gasteiger partial charge on any atom is 0.230 e. The summed E-state index contributed by atoms with van der Waals surface area (Å²) in [6.45, 7) is 4.05. The number of nitrogens with two attached hydrogens (primary N) is 1. The highest BCUT2D eigenvalue weighted by atomic mass is 16.5. The van der Waals surface area contributed by atoms with Crippen LogP contribution >= 0.6 is 0 Å². The van der Waals surface area contributed by atoms with E-state index in [1.54, 1.807) is 0 Å². The van der Waals surface area contributed by atoms with Crippen molar-refractivity contribution in [3.63, 3.8) is 0 Å². The molecule has 1 amide bonds. The first-order chi connectivity index (χ1) is 9.13. The summed E-state index contributed by atoms with van der Waals surface area (Å²) in [5.41, 5.74) is 6.99. The third-order valence-corrected chi connectivity index (χ3v) is 4.28. The number of carbonyl (C=O) groups excluding carboxylic acids is 1. The maximum absolute atomic E-state index is 12.6. The summed E-state index contributed by atoms with van der Waals surface area (Å²) in [5.74, 6) is 0.985. The Morgan fingerprint density at radius 3 is 2.95 bits per heavy atom. The highest BCUT2D eigenvalue weighted by Gasteiger charge is 2.43. The van der Waals surface area contributed by atoms with Crippen molar-refractivity contribution in [3.8, 4) is 5.75 Å². The number of likely N-dealkylation sites (tertiary alicyclic amines) is 1. The van der Waals surface area contributed by atoms with E-state index in [4.69, 9.17) is 10.5 Å². The zero-order chi connectivity index (χ0) is 13.5. The predicted molar refractivity (Wildman–Crippen MR) is 73.1 cm³/mol. The second-order valence-corrected chi connectivity index (χ2v) is 5.64. The molecular formula is C15H20N2O2. The molecule has 1 aromatic rings. The summed E-state index contributed by atoms with van der Waals surface area (Å²) >= 11 is 0. The fourth-order valence-corrected chi connectivity index (χ4v) is 2.91. The highest BCUT2D eigenvalue weighted by Crippen LogP contribution is 2.36. The number of hydrogen-bond acceptors (Lipinski definition) is 3. The van der Waals surface area contributed by atoms with Gasteiger partial charge >= 0.3 is 0 Å². The van der Waals surface area contributed by atoms with E-state index in [0.29, 0.717) is 19.7 Å². The van der Waals surface area contributed by atoms with E-state index in [9.17, 15) is 4.79 Å². The minimum absolute atomic E-state index is 0.0636. The first kappa shape index (κ1) is 12.5. The normalized spacial score (nSPS) is 24.1. The summed E-state index contributed by atoms with van der Waals surface area (Å²) in [5, 5.41) is 0. The maximum atomic E-state index is 12.6. The van der Waals surface area contributed by atoms with Gasteiger partial charge in [-0.3, -0.25) is 4.79 Å². The van der Waals surface area contributed by atoms with Gasteiger partial charge in [0.05, 0.1) is 18.1 Å². The molecule has 102 valence electrons. The number of nitrogens with zero attached hydrogens (tertiary/aromatic N) is 1. The zero-order valence-corrected chi connectivity index (χ0v) is 11.3. The van der Waals surface area contributed by atoms with Crippen LogP contribution in [0.5, 0.6) is 5.75 Å². The van der Waals surface area contributed by atoms with Crippen LogP contribution in [0.25, 0.3) is 0 Å². The molecule has 2 aliphatic heterocycles. The highest BCUT2D eigenvalue weighted by molar-refractivity contribution is 5.85. The Bertz CT molecular complexity index is 495. The number of carbonyl (C=O) groups is 1. The Labute approximate surface area is 113 Å². The van der Waals surface area contributed by atoms with Crippen LogP contribution in [0.4, 0.5) is 0 Å². The van der Waals surface area contributed by atoms with Crippen molar-refractivity contribution in [2.24, 2.45) is 5.73 Å². The lowest BCUT2D eigenvalue weighted by atomic mass is 9.84. The molecule has 4 nitrogen and oxygen atoms in total. The number of rotatable bonds is 2. The molecule has 3 rings (SSSR count). The molecule has 1 fully saturated rings. The average molecular weight is 260 g/mol. The Balaban J connectivity index is 1.76. The molecular weight excluding hydrogens is 240 g/mol. The van der Waals surface area contributed by atoms with Gasteiger partial charge in [0, 0.05) is 18.7 Å². The second kappa shape index (κ2) is 4.53. The van der Waals surface area contributed by atoms with Crippen molar-refractivity contribution in [1.82, 2.24) is 4.90 Å². The van der Waals surface area contributed by atoms with Crippen LogP contribution in [0, 0.1) is 0 Å². The van der Waals surface area contributed by atoms with E-state index < -0.39 is 0 Å². The second-order valence-electron chi connectivity index (χ2n) is 5.64. The van der Waals surface area contributed by atoms with Crippen LogP contribution in [0.15, 0.2) is 24.3 Å². The number of ether oxygens (including phenoxy) is 1. The molecule has 1 aromatic carbocycles. The number of amides is 1. The van der Waals surface area contributed by atoms with Gasteiger partial charge in [-0.15, -0.1) is 0 Å². The van der Waals surface area contributed by atoms with Crippen LogP contribution in [-0.4, -0.2) is 36.0 Å². The molecule has 0 bridgehead atoms. The largest absolute Gasteiger partial charge is 0.493 e. The van der Waals surface area contributed by atoms with Crippen LogP contribution in [0.3, 0.4) is 0 Å². The van der Waals surface area contributed by atoms with E-state index >= 15 is 0 Å². The van der Waals surface area contributed by atoms with E-state index in [0.717, 1.165) is 24.2 Å². The van der Waals surface area contributed by atoms with Crippen molar-refractivity contribution in [2.75, 3.05) is 19.7 Å². The average Bonchev–Trinajstić information content (AvgIpc) is 2.42. The number of benzene rings is 1. The van der Waals surface area contributed by atoms with E-state index in [-0.39, 0.29) is 17.4 Å². The van der Waals surface area contributed by atoms with Gasteiger partial charge in [-0.05, 0) is 18.9 Å². The van der Waals surface area contributed by atoms with Crippen molar-refractivity contribution in [1.29, 1.82) is 0 Å². The Morgan fingerprint density at radius 2 is 2.21 bits per heavy atom.